The highest BCUT2D eigenvalue weighted by atomic mass is 19.1. The number of carbonyl (C=O) groups is 2. The Morgan fingerprint density at radius 1 is 1.38 bits per heavy atom. The summed E-state index contributed by atoms with van der Waals surface area (Å²) in [5.74, 6) is -0.454. The van der Waals surface area contributed by atoms with Crippen LogP contribution in [0.5, 0.6) is 0 Å². The van der Waals surface area contributed by atoms with Gasteiger partial charge in [0.1, 0.15) is 17.2 Å². The molecule has 4 rings (SSSR count). The van der Waals surface area contributed by atoms with Crippen LogP contribution in [0.1, 0.15) is 35.8 Å². The van der Waals surface area contributed by atoms with Gasteiger partial charge in [0.2, 0.25) is 5.91 Å². The zero-order valence-corrected chi connectivity index (χ0v) is 19.1. The fourth-order valence-corrected chi connectivity index (χ4v) is 4.27. The third-order valence-corrected chi connectivity index (χ3v) is 6.02. The number of nitrogens with zero attached hydrogens (tertiary/aromatic N) is 4. The van der Waals surface area contributed by atoms with Gasteiger partial charge in [-0.1, -0.05) is 18.7 Å². The molecular formula is C24H27FN6O3. The van der Waals surface area contributed by atoms with E-state index in [4.69, 9.17) is 0 Å². The van der Waals surface area contributed by atoms with E-state index in [0.717, 1.165) is 0 Å². The van der Waals surface area contributed by atoms with Crippen molar-refractivity contribution in [3.8, 4) is 0 Å². The maximum absolute atomic E-state index is 13.6. The van der Waals surface area contributed by atoms with Gasteiger partial charge in [-0.3, -0.25) is 9.59 Å². The van der Waals surface area contributed by atoms with Gasteiger partial charge in [0, 0.05) is 25.8 Å². The van der Waals surface area contributed by atoms with Gasteiger partial charge >= 0.3 is 0 Å². The number of amides is 2. The number of aromatic nitrogens is 3. The molecule has 1 atom stereocenters. The van der Waals surface area contributed by atoms with Gasteiger partial charge < -0.3 is 25.2 Å². The third-order valence-electron chi connectivity index (χ3n) is 6.02. The molecule has 0 radical (unpaired) electrons. The van der Waals surface area contributed by atoms with Crippen LogP contribution in [0, 0.1) is 5.82 Å². The van der Waals surface area contributed by atoms with Crippen LogP contribution in [0.2, 0.25) is 0 Å². The predicted molar refractivity (Wildman–Crippen MR) is 126 cm³/mol. The molecule has 1 fully saturated rings. The number of aliphatic hydroxyl groups excluding tert-OH is 1. The first-order valence-corrected chi connectivity index (χ1v) is 10.9. The van der Waals surface area contributed by atoms with Crippen LogP contribution in [-0.4, -0.2) is 68.6 Å². The molecule has 9 nitrogen and oxygen atoms in total. The Morgan fingerprint density at radius 3 is 2.85 bits per heavy atom. The van der Waals surface area contributed by atoms with E-state index < -0.39 is 29.9 Å². The Labute approximate surface area is 196 Å². The number of halogens is 1. The summed E-state index contributed by atoms with van der Waals surface area (Å²) in [5.41, 5.74) is 1.10. The number of hydrogen-bond acceptors (Lipinski definition) is 6. The van der Waals surface area contributed by atoms with Crippen molar-refractivity contribution in [2.24, 2.45) is 0 Å². The van der Waals surface area contributed by atoms with Gasteiger partial charge in [-0.15, -0.1) is 0 Å². The molecule has 1 aromatic carbocycles. The molecule has 0 spiro atoms. The van der Waals surface area contributed by atoms with Gasteiger partial charge in [0.05, 0.1) is 29.9 Å². The lowest BCUT2D eigenvalue weighted by Gasteiger charge is -2.47. The number of aliphatic hydroxyl groups is 1. The second-order valence-corrected chi connectivity index (χ2v) is 8.82. The van der Waals surface area contributed by atoms with Crippen LogP contribution in [0.4, 0.5) is 10.2 Å². The number of anilines is 1. The van der Waals surface area contributed by atoms with Crippen molar-refractivity contribution in [1.82, 2.24) is 25.2 Å². The van der Waals surface area contributed by atoms with E-state index >= 15 is 0 Å². The van der Waals surface area contributed by atoms with Crippen molar-refractivity contribution in [1.29, 1.82) is 0 Å². The minimum Gasteiger partial charge on any atom is -0.394 e. The van der Waals surface area contributed by atoms with Crippen LogP contribution in [0.25, 0.3) is 11.2 Å². The van der Waals surface area contributed by atoms with Crippen molar-refractivity contribution in [2.45, 2.75) is 25.4 Å². The lowest BCUT2D eigenvalue weighted by atomic mass is 9.98. The molecule has 178 valence electrons. The Balaban J connectivity index is 1.57. The smallest absolute Gasteiger partial charge is 0.255 e. The van der Waals surface area contributed by atoms with Gasteiger partial charge in [-0.2, -0.15) is 0 Å². The molecule has 2 amide bonds. The number of H-pyrrole nitrogens is 1. The number of carbonyl (C=O) groups excluding carboxylic acids is 2. The topological polar surface area (TPSA) is 114 Å². The molecule has 34 heavy (non-hydrogen) atoms. The Morgan fingerprint density at radius 2 is 2.18 bits per heavy atom. The number of nitrogens with one attached hydrogen (secondary N) is 2. The zero-order chi connectivity index (χ0) is 24.5. The number of benzene rings is 1. The molecule has 1 unspecified atom stereocenters. The first-order chi connectivity index (χ1) is 16.2. The molecular weight excluding hydrogens is 439 g/mol. The second kappa shape index (κ2) is 9.22. The van der Waals surface area contributed by atoms with Crippen molar-refractivity contribution < 1.29 is 19.1 Å². The monoisotopic (exact) mass is 466 g/mol. The standard InChI is InChI=1S/C24H27FN6O3/c1-4-20(33)31-9-8-30(14-24(31,2)3)19-12-27-22-21(29-19)17(11-26-22)23(34)28-18(13-32)15-6-5-7-16(25)10-15/h4-7,10-12,18,32H,1,8-9,13-14H2,2-3H3,(H,26,27)(H,28,34). The van der Waals surface area contributed by atoms with Gasteiger partial charge in [-0.05, 0) is 37.6 Å². The summed E-state index contributed by atoms with van der Waals surface area (Å²) in [4.78, 5) is 41.1. The normalized spacial score (nSPS) is 16.4. The highest BCUT2D eigenvalue weighted by Crippen LogP contribution is 2.26. The molecule has 3 N–H and O–H groups in total. The predicted octanol–water partition coefficient (Wildman–Crippen LogP) is 2.17. The van der Waals surface area contributed by atoms with Gasteiger partial charge in [0.15, 0.2) is 5.65 Å². The summed E-state index contributed by atoms with van der Waals surface area (Å²) in [6.07, 6.45) is 4.46. The lowest BCUT2D eigenvalue weighted by molar-refractivity contribution is -0.131. The van der Waals surface area contributed by atoms with Crippen LogP contribution < -0.4 is 10.2 Å². The first-order valence-electron chi connectivity index (χ1n) is 10.9. The van der Waals surface area contributed by atoms with Crippen molar-refractivity contribution in [2.75, 3.05) is 31.1 Å². The van der Waals surface area contributed by atoms with E-state index in [1.807, 2.05) is 18.7 Å². The summed E-state index contributed by atoms with van der Waals surface area (Å²) in [6, 6.07) is 4.95. The van der Waals surface area contributed by atoms with E-state index in [2.05, 4.69) is 26.8 Å². The molecule has 0 bridgehead atoms. The van der Waals surface area contributed by atoms with Crippen LogP contribution >= 0.6 is 0 Å². The molecule has 0 saturated carbocycles. The molecule has 1 saturated heterocycles. The molecule has 2 aromatic heterocycles. The fourth-order valence-electron chi connectivity index (χ4n) is 4.27. The average molecular weight is 467 g/mol. The van der Waals surface area contributed by atoms with Gasteiger partial charge in [-0.25, -0.2) is 14.4 Å². The molecule has 3 aromatic rings. The molecule has 10 heteroatoms. The Bertz CT molecular complexity index is 1240. The van der Waals surface area contributed by atoms with E-state index in [0.29, 0.717) is 42.2 Å². The molecule has 3 heterocycles. The SMILES string of the molecule is C=CC(=O)N1CCN(c2cnc3[nH]cc(C(=O)NC(CO)c4cccc(F)c4)c3n2)CC1(C)C. The summed E-state index contributed by atoms with van der Waals surface area (Å²) < 4.78 is 13.6. The first kappa shape index (κ1) is 23.4. The number of aromatic amines is 1. The molecule has 0 aliphatic carbocycles. The van der Waals surface area contributed by atoms with Crippen molar-refractivity contribution in [3.63, 3.8) is 0 Å². The quantitative estimate of drug-likeness (QED) is 0.480. The third kappa shape index (κ3) is 4.49. The summed E-state index contributed by atoms with van der Waals surface area (Å²) in [5, 5.41) is 12.5. The molecule has 1 aliphatic heterocycles. The average Bonchev–Trinajstić information content (AvgIpc) is 3.24. The second-order valence-electron chi connectivity index (χ2n) is 8.82. The number of piperazine rings is 1. The lowest BCUT2D eigenvalue weighted by Crippen LogP contribution is -2.61. The summed E-state index contributed by atoms with van der Waals surface area (Å²) in [7, 11) is 0. The zero-order valence-electron chi connectivity index (χ0n) is 19.1. The maximum Gasteiger partial charge on any atom is 0.255 e. The maximum atomic E-state index is 13.6. The summed E-state index contributed by atoms with van der Waals surface area (Å²) in [6.45, 7) is 8.73. The fraction of sp³-hybridized carbons (Fsp3) is 0.333. The van der Waals surface area contributed by atoms with Crippen molar-refractivity contribution in [3.05, 3.63) is 66.3 Å². The van der Waals surface area contributed by atoms with Crippen LogP contribution in [0.3, 0.4) is 0 Å². The highest BCUT2D eigenvalue weighted by Gasteiger charge is 2.36. The van der Waals surface area contributed by atoms with E-state index in [1.165, 1.54) is 30.5 Å². The molecule has 1 aliphatic rings. The number of hydrogen-bond donors (Lipinski definition) is 3. The van der Waals surface area contributed by atoms with E-state index in [1.54, 1.807) is 17.2 Å². The van der Waals surface area contributed by atoms with Crippen LogP contribution in [0.15, 0.2) is 49.3 Å². The number of rotatable bonds is 6. The summed E-state index contributed by atoms with van der Waals surface area (Å²) >= 11 is 0. The van der Waals surface area contributed by atoms with Crippen LogP contribution in [-0.2, 0) is 4.79 Å². The number of fused-ring (bicyclic) bond motifs is 1. The highest BCUT2D eigenvalue weighted by molar-refractivity contribution is 6.04. The largest absolute Gasteiger partial charge is 0.394 e. The minimum atomic E-state index is -0.777. The van der Waals surface area contributed by atoms with E-state index in [9.17, 15) is 19.1 Å². The van der Waals surface area contributed by atoms with Crippen molar-refractivity contribution >= 4 is 28.8 Å². The minimum absolute atomic E-state index is 0.118. The van der Waals surface area contributed by atoms with Gasteiger partial charge in [0.25, 0.3) is 5.91 Å². The Kier molecular flexibility index (Phi) is 6.34. The Hall–Kier alpha value is -3.79. The van der Waals surface area contributed by atoms with E-state index in [-0.39, 0.29) is 11.5 Å².